The Morgan fingerprint density at radius 1 is 1.48 bits per heavy atom. The van der Waals surface area contributed by atoms with E-state index in [1.54, 1.807) is 0 Å². The first kappa shape index (κ1) is 14.6. The normalized spacial score (nSPS) is 21.3. The highest BCUT2D eigenvalue weighted by Gasteiger charge is 2.25. The lowest BCUT2D eigenvalue weighted by Crippen LogP contribution is -2.34. The zero-order valence-corrected chi connectivity index (χ0v) is 13.5. The molecular weight excluding hydrogens is 308 g/mol. The number of nitrogens with one attached hydrogen (secondary N) is 1. The molecule has 114 valence electrons. The fourth-order valence-corrected chi connectivity index (χ4v) is 5.14. The van der Waals surface area contributed by atoms with Gasteiger partial charge in [0.15, 0.2) is 15.0 Å². The SMILES string of the molecule is CCOc1ccc2nc(NC3CCCS(=O)(=O)C3)sc2c1. The van der Waals surface area contributed by atoms with Crippen molar-refractivity contribution in [1.29, 1.82) is 0 Å². The van der Waals surface area contributed by atoms with Crippen LogP contribution in [0, 0.1) is 0 Å². The van der Waals surface area contributed by atoms with Gasteiger partial charge in [-0.25, -0.2) is 13.4 Å². The van der Waals surface area contributed by atoms with Gasteiger partial charge < -0.3 is 10.1 Å². The van der Waals surface area contributed by atoms with Gasteiger partial charge in [-0.1, -0.05) is 11.3 Å². The maximum atomic E-state index is 11.7. The topological polar surface area (TPSA) is 68.3 Å². The van der Waals surface area contributed by atoms with Crippen LogP contribution in [0.4, 0.5) is 5.13 Å². The van der Waals surface area contributed by atoms with E-state index in [2.05, 4.69) is 10.3 Å². The fourth-order valence-electron chi connectivity index (χ4n) is 2.53. The average molecular weight is 326 g/mol. The first-order valence-electron chi connectivity index (χ1n) is 7.06. The molecule has 1 N–H and O–H groups in total. The summed E-state index contributed by atoms with van der Waals surface area (Å²) in [5.41, 5.74) is 0.907. The van der Waals surface area contributed by atoms with Crippen molar-refractivity contribution in [3.05, 3.63) is 18.2 Å². The van der Waals surface area contributed by atoms with Crippen LogP contribution in [0.3, 0.4) is 0 Å². The van der Waals surface area contributed by atoms with Crippen molar-refractivity contribution >= 4 is 36.5 Å². The molecule has 0 amide bonds. The summed E-state index contributed by atoms with van der Waals surface area (Å²) in [6.07, 6.45) is 1.60. The molecule has 0 spiro atoms. The third kappa shape index (κ3) is 3.47. The minimum atomic E-state index is -2.90. The summed E-state index contributed by atoms with van der Waals surface area (Å²) < 4.78 is 29.9. The van der Waals surface area contributed by atoms with Crippen molar-refractivity contribution in [2.45, 2.75) is 25.8 Å². The third-order valence-corrected chi connectivity index (χ3v) is 6.23. The van der Waals surface area contributed by atoms with E-state index in [9.17, 15) is 8.42 Å². The molecule has 1 fully saturated rings. The van der Waals surface area contributed by atoms with E-state index in [4.69, 9.17) is 4.74 Å². The summed E-state index contributed by atoms with van der Waals surface area (Å²) in [5, 5.41) is 4.04. The molecule has 21 heavy (non-hydrogen) atoms. The molecule has 1 saturated heterocycles. The number of aromatic nitrogens is 1. The van der Waals surface area contributed by atoms with E-state index in [0.717, 1.165) is 33.9 Å². The fraction of sp³-hybridized carbons (Fsp3) is 0.500. The maximum absolute atomic E-state index is 11.7. The minimum Gasteiger partial charge on any atom is -0.494 e. The summed E-state index contributed by atoms with van der Waals surface area (Å²) in [7, 11) is -2.90. The molecule has 2 aromatic rings. The van der Waals surface area contributed by atoms with Crippen LogP contribution >= 0.6 is 11.3 Å². The van der Waals surface area contributed by atoms with Crippen molar-refractivity contribution in [2.75, 3.05) is 23.4 Å². The van der Waals surface area contributed by atoms with Crippen LogP contribution < -0.4 is 10.1 Å². The lowest BCUT2D eigenvalue weighted by molar-refractivity contribution is 0.341. The lowest BCUT2D eigenvalue weighted by atomic mass is 10.2. The van der Waals surface area contributed by atoms with Gasteiger partial charge in [-0.05, 0) is 38.0 Å². The van der Waals surface area contributed by atoms with Crippen LogP contribution in [0.15, 0.2) is 18.2 Å². The van der Waals surface area contributed by atoms with E-state index >= 15 is 0 Å². The molecule has 1 aliphatic rings. The number of sulfone groups is 1. The summed E-state index contributed by atoms with van der Waals surface area (Å²) in [4.78, 5) is 4.51. The molecular formula is C14H18N2O3S2. The largest absolute Gasteiger partial charge is 0.494 e. The smallest absolute Gasteiger partial charge is 0.184 e. The lowest BCUT2D eigenvalue weighted by Gasteiger charge is -2.22. The molecule has 0 radical (unpaired) electrons. The zero-order valence-electron chi connectivity index (χ0n) is 11.8. The number of benzene rings is 1. The van der Waals surface area contributed by atoms with Crippen molar-refractivity contribution in [3.8, 4) is 5.75 Å². The van der Waals surface area contributed by atoms with Gasteiger partial charge in [-0.15, -0.1) is 0 Å². The minimum absolute atomic E-state index is 0.0318. The quantitative estimate of drug-likeness (QED) is 0.935. The number of fused-ring (bicyclic) bond motifs is 1. The van der Waals surface area contributed by atoms with Crippen molar-refractivity contribution in [1.82, 2.24) is 4.98 Å². The first-order chi connectivity index (χ1) is 10.1. The van der Waals surface area contributed by atoms with Crippen LogP contribution in [0.2, 0.25) is 0 Å². The Morgan fingerprint density at radius 2 is 2.33 bits per heavy atom. The van der Waals surface area contributed by atoms with E-state index in [0.29, 0.717) is 12.4 Å². The summed E-state index contributed by atoms with van der Waals surface area (Å²) in [6, 6.07) is 5.77. The highest BCUT2D eigenvalue weighted by atomic mass is 32.2. The van der Waals surface area contributed by atoms with Crippen LogP contribution in [-0.2, 0) is 9.84 Å². The zero-order chi connectivity index (χ0) is 14.9. The molecule has 5 nitrogen and oxygen atoms in total. The third-order valence-electron chi connectivity index (χ3n) is 3.46. The molecule has 0 saturated carbocycles. The van der Waals surface area contributed by atoms with Gasteiger partial charge in [0, 0.05) is 6.04 Å². The van der Waals surface area contributed by atoms with Gasteiger partial charge in [-0.3, -0.25) is 0 Å². The van der Waals surface area contributed by atoms with Crippen molar-refractivity contribution in [3.63, 3.8) is 0 Å². The van der Waals surface area contributed by atoms with Crippen molar-refractivity contribution in [2.24, 2.45) is 0 Å². The molecule has 1 unspecified atom stereocenters. The van der Waals surface area contributed by atoms with E-state index < -0.39 is 9.84 Å². The van der Waals surface area contributed by atoms with Crippen LogP contribution in [0.25, 0.3) is 10.2 Å². The molecule has 3 rings (SSSR count). The van der Waals surface area contributed by atoms with E-state index in [1.165, 1.54) is 11.3 Å². The van der Waals surface area contributed by atoms with Crippen LogP contribution in [-0.4, -0.2) is 37.6 Å². The monoisotopic (exact) mass is 326 g/mol. The molecule has 7 heteroatoms. The Labute approximate surface area is 128 Å². The second-order valence-electron chi connectivity index (χ2n) is 5.18. The number of nitrogens with zero attached hydrogens (tertiary/aromatic N) is 1. The van der Waals surface area contributed by atoms with E-state index in [1.807, 2.05) is 25.1 Å². The molecule has 1 atom stereocenters. The number of hydrogen-bond donors (Lipinski definition) is 1. The number of anilines is 1. The van der Waals surface area contributed by atoms with Gasteiger partial charge >= 0.3 is 0 Å². The van der Waals surface area contributed by atoms with Crippen LogP contribution in [0.5, 0.6) is 5.75 Å². The van der Waals surface area contributed by atoms with Gasteiger partial charge in [0.25, 0.3) is 0 Å². The molecule has 0 aliphatic carbocycles. The molecule has 2 heterocycles. The maximum Gasteiger partial charge on any atom is 0.184 e. The first-order valence-corrected chi connectivity index (χ1v) is 9.70. The Morgan fingerprint density at radius 3 is 3.10 bits per heavy atom. The van der Waals surface area contributed by atoms with Crippen LogP contribution in [0.1, 0.15) is 19.8 Å². The Balaban J connectivity index is 1.78. The van der Waals surface area contributed by atoms with E-state index in [-0.39, 0.29) is 11.8 Å². The predicted molar refractivity (Wildman–Crippen MR) is 86.1 cm³/mol. The highest BCUT2D eigenvalue weighted by Crippen LogP contribution is 2.30. The second kappa shape index (κ2) is 5.81. The number of ether oxygens (including phenoxy) is 1. The van der Waals surface area contributed by atoms with Gasteiger partial charge in [0.2, 0.25) is 0 Å². The molecule has 1 aromatic carbocycles. The number of hydrogen-bond acceptors (Lipinski definition) is 6. The van der Waals surface area contributed by atoms with Crippen molar-refractivity contribution < 1.29 is 13.2 Å². The summed E-state index contributed by atoms with van der Waals surface area (Å²) >= 11 is 1.53. The molecule has 1 aliphatic heterocycles. The standard InChI is InChI=1S/C14H18N2O3S2/c1-2-19-11-5-6-12-13(8-11)20-14(16-12)15-10-4-3-7-21(17,18)9-10/h5-6,8,10H,2-4,7,9H2,1H3,(H,15,16). The Hall–Kier alpha value is -1.34. The van der Waals surface area contributed by atoms with Gasteiger partial charge in [0.1, 0.15) is 5.75 Å². The second-order valence-corrected chi connectivity index (χ2v) is 8.44. The Bertz CT molecular complexity index is 740. The molecule has 0 bridgehead atoms. The van der Waals surface area contributed by atoms with Gasteiger partial charge in [-0.2, -0.15) is 0 Å². The number of thiazole rings is 1. The highest BCUT2D eigenvalue weighted by molar-refractivity contribution is 7.91. The van der Waals surface area contributed by atoms with Gasteiger partial charge in [0.05, 0.1) is 28.3 Å². The predicted octanol–water partition coefficient (Wildman–Crippen LogP) is 2.68. The Kier molecular flexibility index (Phi) is 4.03. The number of rotatable bonds is 4. The summed E-state index contributed by atoms with van der Waals surface area (Å²) in [6.45, 7) is 2.59. The average Bonchev–Trinajstić information content (AvgIpc) is 2.79. The molecule has 1 aromatic heterocycles. The summed E-state index contributed by atoms with van der Waals surface area (Å²) in [5.74, 6) is 1.34.